The molecule has 0 aromatic heterocycles. The molecule has 4 nitrogen and oxygen atoms in total. The van der Waals surface area contributed by atoms with Crippen LogP contribution in [0.4, 0.5) is 11.4 Å². The van der Waals surface area contributed by atoms with E-state index in [-0.39, 0.29) is 5.91 Å². The molecule has 5 heteroatoms. The number of likely N-dealkylation sites (tertiary alicyclic amines) is 1. The van der Waals surface area contributed by atoms with Crippen molar-refractivity contribution in [1.29, 1.82) is 0 Å². The van der Waals surface area contributed by atoms with Crippen molar-refractivity contribution in [3.8, 4) is 0 Å². The van der Waals surface area contributed by atoms with Gasteiger partial charge < -0.3 is 11.1 Å². The van der Waals surface area contributed by atoms with Crippen molar-refractivity contribution in [3.63, 3.8) is 0 Å². The maximum absolute atomic E-state index is 12.2. The van der Waals surface area contributed by atoms with Gasteiger partial charge in [-0.25, -0.2) is 0 Å². The number of hydrogen-bond donors (Lipinski definition) is 2. The summed E-state index contributed by atoms with van der Waals surface area (Å²) < 4.78 is 0. The Morgan fingerprint density at radius 3 is 2.70 bits per heavy atom. The summed E-state index contributed by atoms with van der Waals surface area (Å²) in [5, 5.41) is 3.35. The molecule has 0 spiro atoms. The minimum Gasteiger partial charge on any atom is -0.399 e. The van der Waals surface area contributed by atoms with E-state index in [1.54, 1.807) is 18.2 Å². The molecular weight excluding hydrogens is 274 g/mol. The number of rotatable bonds is 3. The van der Waals surface area contributed by atoms with Crippen LogP contribution in [-0.4, -0.2) is 29.4 Å². The zero-order valence-electron chi connectivity index (χ0n) is 12.0. The van der Waals surface area contributed by atoms with Crippen LogP contribution in [0.5, 0.6) is 0 Å². The fraction of sp³-hybridized carbons (Fsp3) is 0.533. The monoisotopic (exact) mass is 295 g/mol. The van der Waals surface area contributed by atoms with E-state index in [0.29, 0.717) is 35.0 Å². The van der Waals surface area contributed by atoms with Crippen molar-refractivity contribution < 1.29 is 4.79 Å². The predicted octanol–water partition coefficient (Wildman–Crippen LogP) is 3.12. The van der Waals surface area contributed by atoms with E-state index in [2.05, 4.69) is 24.1 Å². The summed E-state index contributed by atoms with van der Waals surface area (Å²) in [4.78, 5) is 14.4. The van der Waals surface area contributed by atoms with E-state index in [1.165, 1.54) is 6.42 Å². The molecule has 0 aliphatic carbocycles. The predicted molar refractivity (Wildman–Crippen MR) is 84.0 cm³/mol. The topological polar surface area (TPSA) is 58.4 Å². The highest BCUT2D eigenvalue weighted by atomic mass is 35.5. The molecule has 3 N–H and O–H groups in total. The third kappa shape index (κ3) is 3.64. The Morgan fingerprint density at radius 2 is 2.05 bits per heavy atom. The molecule has 1 aliphatic rings. The molecule has 0 saturated carbocycles. The zero-order valence-corrected chi connectivity index (χ0v) is 12.8. The maximum atomic E-state index is 12.2. The van der Waals surface area contributed by atoms with Gasteiger partial charge in [-0.15, -0.1) is 0 Å². The number of halogens is 1. The molecule has 0 bridgehead atoms. The Balaban J connectivity index is 1.99. The van der Waals surface area contributed by atoms with Crippen LogP contribution in [0.1, 0.15) is 33.1 Å². The fourth-order valence-electron chi connectivity index (χ4n) is 2.78. The van der Waals surface area contributed by atoms with Gasteiger partial charge in [0.2, 0.25) is 5.91 Å². The minimum atomic E-state index is -0.0434. The molecule has 1 fully saturated rings. The minimum absolute atomic E-state index is 0.0434. The van der Waals surface area contributed by atoms with E-state index in [0.717, 1.165) is 12.8 Å². The second-order valence-corrected chi connectivity index (χ2v) is 6.00. The molecule has 1 amide bonds. The third-order valence-electron chi connectivity index (χ3n) is 3.97. The van der Waals surface area contributed by atoms with Crippen LogP contribution in [0.3, 0.4) is 0 Å². The first-order valence-corrected chi connectivity index (χ1v) is 7.46. The normalized spacial score (nSPS) is 23.6. The Kier molecular flexibility index (Phi) is 4.89. The first kappa shape index (κ1) is 15.1. The number of nitrogens with zero attached hydrogens (tertiary/aromatic N) is 1. The molecule has 1 heterocycles. The number of nitrogens with two attached hydrogens (primary N) is 1. The summed E-state index contributed by atoms with van der Waals surface area (Å²) in [6.45, 7) is 4.75. The summed E-state index contributed by atoms with van der Waals surface area (Å²) in [5.41, 5.74) is 6.88. The fourth-order valence-corrected chi connectivity index (χ4v) is 2.95. The SMILES string of the molecule is C[C@@H]1CCC[C@H](C)N1CC(=O)Nc1cc(N)ccc1Cl. The maximum Gasteiger partial charge on any atom is 0.238 e. The Hall–Kier alpha value is -1.26. The van der Waals surface area contributed by atoms with Crippen molar-refractivity contribution >= 4 is 28.9 Å². The molecule has 2 atom stereocenters. The van der Waals surface area contributed by atoms with Gasteiger partial charge in [0.25, 0.3) is 0 Å². The van der Waals surface area contributed by atoms with Crippen LogP contribution in [0.2, 0.25) is 5.02 Å². The summed E-state index contributed by atoms with van der Waals surface area (Å²) in [6, 6.07) is 5.98. The number of nitrogens with one attached hydrogen (secondary N) is 1. The van der Waals surface area contributed by atoms with Gasteiger partial charge >= 0.3 is 0 Å². The van der Waals surface area contributed by atoms with Crippen LogP contribution in [0.15, 0.2) is 18.2 Å². The van der Waals surface area contributed by atoms with Crippen LogP contribution >= 0.6 is 11.6 Å². The standard InChI is InChI=1S/C15H22ClN3O/c1-10-4-3-5-11(2)19(10)9-15(20)18-14-8-12(17)6-7-13(14)16/h6-8,10-11H,3-5,9,17H2,1-2H3,(H,18,20)/t10-,11+. The van der Waals surface area contributed by atoms with Crippen molar-refractivity contribution in [2.75, 3.05) is 17.6 Å². The summed E-state index contributed by atoms with van der Waals surface area (Å²) in [5.74, 6) is -0.0434. The lowest BCUT2D eigenvalue weighted by molar-refractivity contribution is -0.118. The molecule has 0 unspecified atom stereocenters. The number of piperidine rings is 1. The number of carbonyl (C=O) groups is 1. The van der Waals surface area contributed by atoms with Gasteiger partial charge in [-0.2, -0.15) is 0 Å². The largest absolute Gasteiger partial charge is 0.399 e. The molecule has 1 aliphatic heterocycles. The lowest BCUT2D eigenvalue weighted by Gasteiger charge is -2.38. The van der Waals surface area contributed by atoms with Gasteiger partial charge in [0.15, 0.2) is 0 Å². The molecule has 1 saturated heterocycles. The van der Waals surface area contributed by atoms with Gasteiger partial charge in [0, 0.05) is 17.8 Å². The number of amides is 1. The number of carbonyl (C=O) groups excluding carboxylic acids is 1. The Labute approximate surface area is 125 Å². The van der Waals surface area contributed by atoms with E-state index in [9.17, 15) is 4.79 Å². The second kappa shape index (κ2) is 6.46. The lowest BCUT2D eigenvalue weighted by atomic mass is 9.97. The first-order valence-electron chi connectivity index (χ1n) is 7.08. The van der Waals surface area contributed by atoms with Crippen LogP contribution in [-0.2, 0) is 4.79 Å². The van der Waals surface area contributed by atoms with E-state index in [1.807, 2.05) is 0 Å². The quantitative estimate of drug-likeness (QED) is 0.842. The number of benzene rings is 1. The molecule has 2 rings (SSSR count). The number of hydrogen-bond acceptors (Lipinski definition) is 3. The van der Waals surface area contributed by atoms with Gasteiger partial charge in [0.1, 0.15) is 0 Å². The van der Waals surface area contributed by atoms with Crippen LogP contribution < -0.4 is 11.1 Å². The molecule has 1 aromatic rings. The summed E-state index contributed by atoms with van der Waals surface area (Å²) in [6.07, 6.45) is 3.54. The molecule has 20 heavy (non-hydrogen) atoms. The first-order chi connectivity index (χ1) is 9.47. The summed E-state index contributed by atoms with van der Waals surface area (Å²) in [7, 11) is 0. The molecule has 0 radical (unpaired) electrons. The third-order valence-corrected chi connectivity index (χ3v) is 4.30. The van der Waals surface area contributed by atoms with Crippen molar-refractivity contribution in [2.45, 2.75) is 45.2 Å². The van der Waals surface area contributed by atoms with E-state index >= 15 is 0 Å². The van der Waals surface area contributed by atoms with Crippen molar-refractivity contribution in [2.24, 2.45) is 0 Å². The molecular formula is C15H22ClN3O. The average molecular weight is 296 g/mol. The van der Waals surface area contributed by atoms with E-state index in [4.69, 9.17) is 17.3 Å². The van der Waals surface area contributed by atoms with Crippen LogP contribution in [0.25, 0.3) is 0 Å². The summed E-state index contributed by atoms with van der Waals surface area (Å²) >= 11 is 6.06. The highest BCUT2D eigenvalue weighted by Gasteiger charge is 2.26. The smallest absolute Gasteiger partial charge is 0.238 e. The number of nitrogen functional groups attached to an aromatic ring is 1. The van der Waals surface area contributed by atoms with Crippen molar-refractivity contribution in [1.82, 2.24) is 4.90 Å². The lowest BCUT2D eigenvalue weighted by Crippen LogP contribution is -2.47. The molecule has 1 aromatic carbocycles. The van der Waals surface area contributed by atoms with Gasteiger partial charge in [-0.3, -0.25) is 9.69 Å². The second-order valence-electron chi connectivity index (χ2n) is 5.59. The van der Waals surface area contributed by atoms with Gasteiger partial charge in [-0.05, 0) is 44.9 Å². The number of anilines is 2. The Morgan fingerprint density at radius 1 is 1.40 bits per heavy atom. The highest BCUT2D eigenvalue weighted by molar-refractivity contribution is 6.33. The Bertz CT molecular complexity index is 482. The van der Waals surface area contributed by atoms with Gasteiger partial charge in [0.05, 0.1) is 17.3 Å². The average Bonchev–Trinajstić information content (AvgIpc) is 2.38. The highest BCUT2D eigenvalue weighted by Crippen LogP contribution is 2.25. The van der Waals surface area contributed by atoms with Gasteiger partial charge in [-0.1, -0.05) is 18.0 Å². The van der Waals surface area contributed by atoms with E-state index < -0.39 is 0 Å². The van der Waals surface area contributed by atoms with Crippen LogP contribution in [0, 0.1) is 0 Å². The zero-order chi connectivity index (χ0) is 14.7. The van der Waals surface area contributed by atoms with Crippen molar-refractivity contribution in [3.05, 3.63) is 23.2 Å². The molecule has 110 valence electrons.